The van der Waals surface area contributed by atoms with Gasteiger partial charge in [0.1, 0.15) is 0 Å². The molecule has 1 aliphatic heterocycles. The number of para-hydroxylation sites is 1. The maximum atomic E-state index is 12.8. The molecule has 142 valence electrons. The van der Waals surface area contributed by atoms with E-state index >= 15 is 0 Å². The fraction of sp³-hybridized carbons (Fsp3) is 0.263. The Morgan fingerprint density at radius 3 is 2.41 bits per heavy atom. The van der Waals surface area contributed by atoms with Crippen molar-refractivity contribution >= 4 is 27.5 Å². The van der Waals surface area contributed by atoms with Gasteiger partial charge in [0.15, 0.2) is 0 Å². The summed E-state index contributed by atoms with van der Waals surface area (Å²) in [7, 11) is -3.64. The number of rotatable bonds is 5. The van der Waals surface area contributed by atoms with Gasteiger partial charge in [-0.15, -0.1) is 0 Å². The summed E-state index contributed by atoms with van der Waals surface area (Å²) in [5.41, 5.74) is 5.88. The number of nitrogens with zero attached hydrogens (tertiary/aromatic N) is 1. The van der Waals surface area contributed by atoms with E-state index in [4.69, 9.17) is 5.73 Å². The molecule has 1 heterocycles. The normalized spacial score (nSPS) is 18.0. The Labute approximate surface area is 158 Å². The third kappa shape index (κ3) is 4.17. The molecule has 3 rings (SSSR count). The largest absolute Gasteiger partial charge is 0.366 e. The highest BCUT2D eigenvalue weighted by Gasteiger charge is 2.33. The molecular weight excluding hydrogens is 366 g/mol. The minimum absolute atomic E-state index is 0.0990. The number of carbonyl (C=O) groups is 2. The van der Waals surface area contributed by atoms with Crippen molar-refractivity contribution in [1.82, 2.24) is 4.31 Å². The Morgan fingerprint density at radius 1 is 1.04 bits per heavy atom. The van der Waals surface area contributed by atoms with Crippen LogP contribution in [0.2, 0.25) is 0 Å². The van der Waals surface area contributed by atoms with Gasteiger partial charge in [-0.05, 0) is 37.1 Å². The second-order valence-corrected chi connectivity index (χ2v) is 8.35. The third-order valence-corrected chi connectivity index (χ3v) is 6.47. The van der Waals surface area contributed by atoms with Gasteiger partial charge in [0.2, 0.25) is 15.9 Å². The Bertz CT molecular complexity index is 944. The fourth-order valence-corrected chi connectivity index (χ4v) is 4.70. The molecule has 0 radical (unpaired) electrons. The van der Waals surface area contributed by atoms with Crippen LogP contribution in [0.15, 0.2) is 59.5 Å². The molecule has 2 aromatic carbocycles. The highest BCUT2D eigenvalue weighted by Crippen LogP contribution is 2.25. The van der Waals surface area contributed by atoms with Crippen molar-refractivity contribution in [2.75, 3.05) is 18.4 Å². The van der Waals surface area contributed by atoms with Gasteiger partial charge < -0.3 is 11.1 Å². The van der Waals surface area contributed by atoms with Crippen LogP contribution >= 0.6 is 0 Å². The summed E-state index contributed by atoms with van der Waals surface area (Å²) in [4.78, 5) is 24.4. The van der Waals surface area contributed by atoms with E-state index in [9.17, 15) is 18.0 Å². The molecular formula is C19H21N3O4S. The lowest BCUT2D eigenvalue weighted by molar-refractivity contribution is -0.120. The summed E-state index contributed by atoms with van der Waals surface area (Å²) in [5.74, 6) is -1.46. The van der Waals surface area contributed by atoms with E-state index in [0.29, 0.717) is 25.1 Å². The van der Waals surface area contributed by atoms with Gasteiger partial charge in [-0.1, -0.05) is 30.3 Å². The van der Waals surface area contributed by atoms with Crippen LogP contribution < -0.4 is 11.1 Å². The van der Waals surface area contributed by atoms with Crippen LogP contribution in [0, 0.1) is 5.92 Å². The first-order valence-corrected chi connectivity index (χ1v) is 10.1. The number of nitrogens with one attached hydrogen (secondary N) is 1. The average Bonchev–Trinajstić information content (AvgIpc) is 2.69. The first kappa shape index (κ1) is 19.1. The molecule has 27 heavy (non-hydrogen) atoms. The molecule has 3 N–H and O–H groups in total. The molecule has 1 atom stereocenters. The number of amides is 2. The minimum Gasteiger partial charge on any atom is -0.366 e. The molecule has 2 aromatic rings. The summed E-state index contributed by atoms with van der Waals surface area (Å²) >= 11 is 0. The highest BCUT2D eigenvalue weighted by molar-refractivity contribution is 7.89. The monoisotopic (exact) mass is 387 g/mol. The summed E-state index contributed by atoms with van der Waals surface area (Å²) in [6, 6.07) is 14.7. The maximum absolute atomic E-state index is 12.8. The van der Waals surface area contributed by atoms with Crippen LogP contribution in [0.1, 0.15) is 23.2 Å². The predicted octanol–water partition coefficient (Wildman–Crippen LogP) is 1.82. The van der Waals surface area contributed by atoms with Gasteiger partial charge in [-0.25, -0.2) is 8.42 Å². The standard InChI is InChI=1S/C19H21N3O4S/c20-18(23)16-10-4-5-11-17(16)21-19(24)14-7-6-12-22(13-14)27(25,26)15-8-2-1-3-9-15/h1-5,8-11,14H,6-7,12-13H2,(H2,20,23)(H,21,24). The van der Waals surface area contributed by atoms with Crippen molar-refractivity contribution < 1.29 is 18.0 Å². The molecule has 1 aliphatic rings. The topological polar surface area (TPSA) is 110 Å². The van der Waals surface area contributed by atoms with Crippen molar-refractivity contribution in [3.05, 3.63) is 60.2 Å². The zero-order valence-electron chi connectivity index (χ0n) is 14.7. The Morgan fingerprint density at radius 2 is 1.70 bits per heavy atom. The quantitative estimate of drug-likeness (QED) is 0.815. The van der Waals surface area contributed by atoms with Crippen LogP contribution in [0.5, 0.6) is 0 Å². The fourth-order valence-electron chi connectivity index (χ4n) is 3.16. The average molecular weight is 387 g/mol. The second-order valence-electron chi connectivity index (χ2n) is 6.41. The van der Waals surface area contributed by atoms with E-state index < -0.39 is 21.8 Å². The zero-order chi connectivity index (χ0) is 19.4. The van der Waals surface area contributed by atoms with E-state index in [2.05, 4.69) is 5.32 Å². The van der Waals surface area contributed by atoms with E-state index in [-0.39, 0.29) is 22.9 Å². The predicted molar refractivity (Wildman–Crippen MR) is 102 cm³/mol. The Balaban J connectivity index is 1.75. The molecule has 2 amide bonds. The SMILES string of the molecule is NC(=O)c1ccccc1NC(=O)C1CCCN(S(=O)(=O)c2ccccc2)C1. The number of nitrogens with two attached hydrogens (primary N) is 1. The van der Waals surface area contributed by atoms with Crippen molar-refractivity contribution in [2.24, 2.45) is 11.7 Å². The van der Waals surface area contributed by atoms with E-state index in [1.165, 1.54) is 10.4 Å². The molecule has 1 fully saturated rings. The number of hydrogen-bond donors (Lipinski definition) is 2. The van der Waals surface area contributed by atoms with E-state index in [1.54, 1.807) is 48.5 Å². The van der Waals surface area contributed by atoms with Gasteiger partial charge in [0.05, 0.1) is 22.1 Å². The van der Waals surface area contributed by atoms with Crippen LogP contribution in [0.3, 0.4) is 0 Å². The summed E-state index contributed by atoms with van der Waals surface area (Å²) in [5, 5.41) is 2.71. The van der Waals surface area contributed by atoms with Crippen molar-refractivity contribution in [3.8, 4) is 0 Å². The molecule has 8 heteroatoms. The lowest BCUT2D eigenvalue weighted by Gasteiger charge is -2.31. The smallest absolute Gasteiger partial charge is 0.250 e. The van der Waals surface area contributed by atoms with Gasteiger partial charge >= 0.3 is 0 Å². The van der Waals surface area contributed by atoms with Crippen LogP contribution in [0.25, 0.3) is 0 Å². The lowest BCUT2D eigenvalue weighted by atomic mass is 9.98. The number of carbonyl (C=O) groups excluding carboxylic acids is 2. The second kappa shape index (κ2) is 7.89. The van der Waals surface area contributed by atoms with Gasteiger partial charge in [-0.3, -0.25) is 9.59 Å². The number of benzene rings is 2. The first-order chi connectivity index (χ1) is 12.9. The molecule has 0 spiro atoms. The number of primary amides is 1. The van der Waals surface area contributed by atoms with Crippen LogP contribution in [-0.2, 0) is 14.8 Å². The number of piperidine rings is 1. The van der Waals surface area contributed by atoms with Crippen LogP contribution in [0.4, 0.5) is 5.69 Å². The molecule has 0 aliphatic carbocycles. The highest BCUT2D eigenvalue weighted by atomic mass is 32.2. The number of anilines is 1. The van der Waals surface area contributed by atoms with Crippen molar-refractivity contribution in [1.29, 1.82) is 0 Å². The summed E-state index contributed by atoms with van der Waals surface area (Å²) in [6.07, 6.45) is 1.16. The summed E-state index contributed by atoms with van der Waals surface area (Å²) in [6.45, 7) is 0.473. The summed E-state index contributed by atoms with van der Waals surface area (Å²) < 4.78 is 26.9. The maximum Gasteiger partial charge on any atom is 0.250 e. The molecule has 7 nitrogen and oxygen atoms in total. The van der Waals surface area contributed by atoms with Gasteiger partial charge in [-0.2, -0.15) is 4.31 Å². The Kier molecular flexibility index (Phi) is 5.57. The Hall–Kier alpha value is -2.71. The van der Waals surface area contributed by atoms with Crippen molar-refractivity contribution in [3.63, 3.8) is 0 Å². The first-order valence-electron chi connectivity index (χ1n) is 8.64. The zero-order valence-corrected chi connectivity index (χ0v) is 15.5. The molecule has 1 unspecified atom stereocenters. The minimum atomic E-state index is -3.64. The van der Waals surface area contributed by atoms with Gasteiger partial charge in [0, 0.05) is 13.1 Å². The van der Waals surface area contributed by atoms with E-state index in [1.807, 2.05) is 0 Å². The third-order valence-electron chi connectivity index (χ3n) is 4.59. The van der Waals surface area contributed by atoms with Crippen LogP contribution in [-0.4, -0.2) is 37.6 Å². The molecule has 0 aromatic heterocycles. The number of hydrogen-bond acceptors (Lipinski definition) is 4. The van der Waals surface area contributed by atoms with Crippen molar-refractivity contribution in [2.45, 2.75) is 17.7 Å². The van der Waals surface area contributed by atoms with Gasteiger partial charge in [0.25, 0.3) is 5.91 Å². The molecule has 1 saturated heterocycles. The lowest BCUT2D eigenvalue weighted by Crippen LogP contribution is -2.43. The molecule has 0 bridgehead atoms. The molecule has 0 saturated carbocycles. The number of sulfonamides is 1. The van der Waals surface area contributed by atoms with E-state index in [0.717, 1.165) is 0 Å².